The number of hydrogen-bond acceptors (Lipinski definition) is 5. The van der Waals surface area contributed by atoms with Crippen molar-refractivity contribution in [1.82, 2.24) is 0 Å². The van der Waals surface area contributed by atoms with Crippen LogP contribution in [-0.4, -0.2) is 36.9 Å². The molecule has 1 aliphatic heterocycles. The summed E-state index contributed by atoms with van der Waals surface area (Å²) >= 11 is 0. The molecule has 0 aromatic heterocycles. The molecule has 1 aliphatic carbocycles. The molecule has 2 aliphatic rings. The maximum atomic E-state index is 12.2. The molecule has 3 rings (SSSR count). The number of ketones is 1. The number of ether oxygens (including phenoxy) is 2. The van der Waals surface area contributed by atoms with Gasteiger partial charge < -0.3 is 9.47 Å². The summed E-state index contributed by atoms with van der Waals surface area (Å²) in [5, 5.41) is 0. The maximum Gasteiger partial charge on any atom is 0.326 e. The van der Waals surface area contributed by atoms with Crippen LogP contribution in [0.5, 0.6) is 5.75 Å². The van der Waals surface area contributed by atoms with Crippen LogP contribution in [0.25, 0.3) is 0 Å². The zero-order valence-electron chi connectivity index (χ0n) is 14.5. The average Bonchev–Trinajstić information content (AvgIpc) is 3.10. The number of esters is 1. The number of amides is 1. The Labute approximate surface area is 147 Å². The molecule has 1 fully saturated rings. The van der Waals surface area contributed by atoms with E-state index in [0.29, 0.717) is 23.4 Å². The first-order valence-electron chi connectivity index (χ1n) is 8.88. The fraction of sp³-hybridized carbons (Fsp3) is 0.526. The third-order valence-corrected chi connectivity index (χ3v) is 4.59. The fourth-order valence-corrected chi connectivity index (χ4v) is 3.28. The Morgan fingerprint density at radius 2 is 2.04 bits per heavy atom. The van der Waals surface area contributed by atoms with Crippen molar-refractivity contribution in [2.24, 2.45) is 0 Å². The topological polar surface area (TPSA) is 72.9 Å². The van der Waals surface area contributed by atoms with Gasteiger partial charge in [-0.3, -0.25) is 19.3 Å². The smallest absolute Gasteiger partial charge is 0.326 e. The lowest BCUT2D eigenvalue weighted by molar-refractivity contribution is -0.147. The quantitative estimate of drug-likeness (QED) is 0.585. The second-order valence-corrected chi connectivity index (χ2v) is 6.52. The molecule has 0 radical (unpaired) electrons. The molecule has 0 N–H and O–H groups in total. The summed E-state index contributed by atoms with van der Waals surface area (Å²) in [6.45, 7) is 1.66. The van der Waals surface area contributed by atoms with Crippen molar-refractivity contribution in [3.8, 4) is 5.75 Å². The van der Waals surface area contributed by atoms with Crippen LogP contribution >= 0.6 is 0 Å². The van der Waals surface area contributed by atoms with Crippen LogP contribution in [0.15, 0.2) is 18.2 Å². The summed E-state index contributed by atoms with van der Waals surface area (Å²) in [6, 6.07) is 5.01. The number of carbonyl (C=O) groups excluding carboxylic acids is 3. The molecule has 1 saturated carbocycles. The number of nitrogens with zero attached hydrogens (tertiary/aromatic N) is 1. The van der Waals surface area contributed by atoms with Gasteiger partial charge in [0.25, 0.3) is 5.91 Å². The van der Waals surface area contributed by atoms with Gasteiger partial charge in [-0.05, 0) is 50.3 Å². The van der Waals surface area contributed by atoms with Crippen LogP contribution in [0.1, 0.15) is 55.8 Å². The van der Waals surface area contributed by atoms with Gasteiger partial charge in [-0.1, -0.05) is 6.92 Å². The van der Waals surface area contributed by atoms with Crippen molar-refractivity contribution in [3.05, 3.63) is 23.8 Å². The highest BCUT2D eigenvalue weighted by Crippen LogP contribution is 2.33. The minimum absolute atomic E-state index is 0.0109. The van der Waals surface area contributed by atoms with Crippen molar-refractivity contribution in [1.29, 1.82) is 0 Å². The first kappa shape index (κ1) is 17.5. The van der Waals surface area contributed by atoms with Crippen LogP contribution in [0.2, 0.25) is 0 Å². The van der Waals surface area contributed by atoms with Gasteiger partial charge in [0.1, 0.15) is 18.4 Å². The van der Waals surface area contributed by atoms with Gasteiger partial charge in [-0.25, -0.2) is 0 Å². The lowest BCUT2D eigenvalue weighted by Crippen LogP contribution is -2.43. The Morgan fingerprint density at radius 1 is 1.28 bits per heavy atom. The molecule has 0 bridgehead atoms. The van der Waals surface area contributed by atoms with E-state index >= 15 is 0 Å². The fourth-order valence-electron chi connectivity index (χ4n) is 3.28. The van der Waals surface area contributed by atoms with Gasteiger partial charge in [0.15, 0.2) is 12.4 Å². The molecular formula is C19H23NO5. The SMILES string of the molecule is CCCC(=O)c1ccc2c(c1)N(CC(=O)OC1CCCC1)C(=O)CO2. The zero-order chi connectivity index (χ0) is 17.8. The monoisotopic (exact) mass is 345 g/mol. The van der Waals surface area contributed by atoms with Gasteiger partial charge >= 0.3 is 5.97 Å². The van der Waals surface area contributed by atoms with Crippen molar-refractivity contribution >= 4 is 23.3 Å². The number of Topliss-reactive ketones (excluding diaryl/α,β-unsaturated/α-hetero) is 1. The highest BCUT2D eigenvalue weighted by molar-refractivity contribution is 6.04. The number of carbonyl (C=O) groups is 3. The van der Waals surface area contributed by atoms with Crippen molar-refractivity contribution < 1.29 is 23.9 Å². The van der Waals surface area contributed by atoms with E-state index < -0.39 is 5.97 Å². The van der Waals surface area contributed by atoms with Crippen LogP contribution in [0.4, 0.5) is 5.69 Å². The highest BCUT2D eigenvalue weighted by Gasteiger charge is 2.30. The summed E-state index contributed by atoms with van der Waals surface area (Å²) in [5.41, 5.74) is 0.981. The van der Waals surface area contributed by atoms with Crippen molar-refractivity contribution in [2.45, 2.75) is 51.6 Å². The van der Waals surface area contributed by atoms with Gasteiger partial charge in [0.2, 0.25) is 0 Å². The van der Waals surface area contributed by atoms with Crippen LogP contribution in [0, 0.1) is 0 Å². The second kappa shape index (κ2) is 7.68. The summed E-state index contributed by atoms with van der Waals surface area (Å²) in [6.07, 6.45) is 5.06. The third-order valence-electron chi connectivity index (χ3n) is 4.59. The Kier molecular flexibility index (Phi) is 5.36. The van der Waals surface area contributed by atoms with E-state index in [1.807, 2.05) is 6.92 Å². The first-order chi connectivity index (χ1) is 12.1. The van der Waals surface area contributed by atoms with Gasteiger partial charge in [0, 0.05) is 12.0 Å². The molecule has 1 amide bonds. The van der Waals surface area contributed by atoms with Gasteiger partial charge in [-0.2, -0.15) is 0 Å². The number of anilines is 1. The maximum absolute atomic E-state index is 12.2. The Morgan fingerprint density at radius 3 is 2.76 bits per heavy atom. The van der Waals surface area contributed by atoms with E-state index in [1.165, 1.54) is 4.90 Å². The molecule has 134 valence electrons. The summed E-state index contributed by atoms with van der Waals surface area (Å²) in [7, 11) is 0. The predicted molar refractivity (Wildman–Crippen MR) is 91.9 cm³/mol. The molecule has 6 heteroatoms. The molecule has 25 heavy (non-hydrogen) atoms. The van der Waals surface area contributed by atoms with Crippen LogP contribution in [0.3, 0.4) is 0 Å². The minimum Gasteiger partial charge on any atom is -0.482 e. The van der Waals surface area contributed by atoms with E-state index in [4.69, 9.17) is 9.47 Å². The average molecular weight is 345 g/mol. The lowest BCUT2D eigenvalue weighted by Gasteiger charge is -2.29. The molecule has 0 atom stereocenters. The van der Waals surface area contributed by atoms with E-state index in [1.54, 1.807) is 18.2 Å². The van der Waals surface area contributed by atoms with E-state index in [9.17, 15) is 14.4 Å². The zero-order valence-corrected chi connectivity index (χ0v) is 14.5. The van der Waals surface area contributed by atoms with E-state index in [2.05, 4.69) is 0 Å². The molecule has 1 aromatic carbocycles. The Hall–Kier alpha value is -2.37. The van der Waals surface area contributed by atoms with Crippen LogP contribution in [-0.2, 0) is 14.3 Å². The van der Waals surface area contributed by atoms with E-state index in [0.717, 1.165) is 32.1 Å². The largest absolute Gasteiger partial charge is 0.482 e. The Bertz CT molecular complexity index is 678. The molecular weight excluding hydrogens is 322 g/mol. The summed E-state index contributed by atoms with van der Waals surface area (Å²) in [5.74, 6) is -0.215. The van der Waals surface area contributed by atoms with Crippen LogP contribution < -0.4 is 9.64 Å². The third kappa shape index (κ3) is 4.00. The number of fused-ring (bicyclic) bond motifs is 1. The normalized spacial score (nSPS) is 17.2. The molecule has 1 aromatic rings. The molecule has 6 nitrogen and oxygen atoms in total. The summed E-state index contributed by atoms with van der Waals surface area (Å²) < 4.78 is 10.9. The van der Waals surface area contributed by atoms with Crippen molar-refractivity contribution in [2.75, 3.05) is 18.1 Å². The van der Waals surface area contributed by atoms with Gasteiger partial charge in [-0.15, -0.1) is 0 Å². The number of rotatable bonds is 6. The molecule has 0 saturated heterocycles. The molecule has 0 spiro atoms. The lowest BCUT2D eigenvalue weighted by atomic mass is 10.0. The highest BCUT2D eigenvalue weighted by atomic mass is 16.5. The molecule has 1 heterocycles. The van der Waals surface area contributed by atoms with Gasteiger partial charge in [0.05, 0.1) is 5.69 Å². The Balaban J connectivity index is 1.77. The minimum atomic E-state index is -0.418. The number of benzene rings is 1. The van der Waals surface area contributed by atoms with E-state index in [-0.39, 0.29) is 30.9 Å². The summed E-state index contributed by atoms with van der Waals surface area (Å²) in [4.78, 5) is 38.0. The standard InChI is InChI=1S/C19H23NO5/c1-2-5-16(21)13-8-9-17-15(10-13)20(18(22)12-24-17)11-19(23)25-14-6-3-4-7-14/h8-10,14H,2-7,11-12H2,1H3. The number of hydrogen-bond donors (Lipinski definition) is 0. The first-order valence-corrected chi connectivity index (χ1v) is 8.88. The predicted octanol–water partition coefficient (Wildman–Crippen LogP) is 2.88. The van der Waals surface area contributed by atoms with Crippen molar-refractivity contribution in [3.63, 3.8) is 0 Å². The molecule has 0 unspecified atom stereocenters. The second-order valence-electron chi connectivity index (χ2n) is 6.52.